The Bertz CT molecular complexity index is 1140. The van der Waals surface area contributed by atoms with Gasteiger partial charge in [0.05, 0.1) is 30.8 Å². The van der Waals surface area contributed by atoms with Crippen LogP contribution in [0.3, 0.4) is 0 Å². The lowest BCUT2D eigenvalue weighted by Crippen LogP contribution is -2.51. The van der Waals surface area contributed by atoms with E-state index >= 15 is 0 Å². The van der Waals surface area contributed by atoms with Crippen LogP contribution in [0.5, 0.6) is 5.75 Å². The maximum absolute atomic E-state index is 13.5. The molecule has 0 aliphatic carbocycles. The Morgan fingerprint density at radius 2 is 1.87 bits per heavy atom. The number of alkyl carbamates (subject to hydrolysis) is 1. The molecule has 1 saturated heterocycles. The van der Waals surface area contributed by atoms with Gasteiger partial charge < -0.3 is 24.6 Å². The van der Waals surface area contributed by atoms with Gasteiger partial charge in [0.25, 0.3) is 0 Å². The lowest BCUT2D eigenvalue weighted by molar-refractivity contribution is -0.144. The Labute approximate surface area is 223 Å². The van der Waals surface area contributed by atoms with E-state index in [1.54, 1.807) is 12.1 Å². The number of nitrogens with zero attached hydrogens (tertiary/aromatic N) is 1. The van der Waals surface area contributed by atoms with Crippen LogP contribution >= 0.6 is 0 Å². The van der Waals surface area contributed by atoms with E-state index in [2.05, 4.69) is 5.32 Å². The number of amides is 1. The number of esters is 1. The van der Waals surface area contributed by atoms with Crippen molar-refractivity contribution in [2.45, 2.75) is 62.2 Å². The van der Waals surface area contributed by atoms with Crippen molar-refractivity contribution in [2.24, 2.45) is 0 Å². The third-order valence-electron chi connectivity index (χ3n) is 6.30. The van der Waals surface area contributed by atoms with Crippen molar-refractivity contribution in [3.8, 4) is 5.75 Å². The molecular weight excluding hydrogens is 512 g/mol. The largest absolute Gasteiger partial charge is 0.497 e. The summed E-state index contributed by atoms with van der Waals surface area (Å²) < 4.78 is 43.5. The molecule has 0 aromatic heterocycles. The molecule has 10 nitrogen and oxygen atoms in total. The number of carbonyl (C=O) groups is 2. The molecule has 38 heavy (non-hydrogen) atoms. The summed E-state index contributed by atoms with van der Waals surface area (Å²) in [7, 11) is -2.45. The fourth-order valence-corrected chi connectivity index (χ4v) is 5.63. The van der Waals surface area contributed by atoms with Gasteiger partial charge >= 0.3 is 12.1 Å². The van der Waals surface area contributed by atoms with E-state index in [1.807, 2.05) is 37.3 Å². The molecule has 2 aromatic rings. The first kappa shape index (κ1) is 29.4. The first-order valence-electron chi connectivity index (χ1n) is 12.7. The van der Waals surface area contributed by atoms with Gasteiger partial charge in [-0.05, 0) is 42.7 Å². The summed E-state index contributed by atoms with van der Waals surface area (Å²) in [4.78, 5) is 24.4. The maximum Gasteiger partial charge on any atom is 0.408 e. The minimum Gasteiger partial charge on any atom is -0.497 e. The second-order valence-corrected chi connectivity index (χ2v) is 11.0. The van der Waals surface area contributed by atoms with Gasteiger partial charge in [0.2, 0.25) is 16.1 Å². The van der Waals surface area contributed by atoms with Crippen LogP contribution in [0.15, 0.2) is 59.5 Å². The highest BCUT2D eigenvalue weighted by Crippen LogP contribution is 2.21. The molecule has 0 spiro atoms. The second-order valence-electron chi connectivity index (χ2n) is 9.10. The highest BCUT2D eigenvalue weighted by atomic mass is 32.2. The average molecular weight is 549 g/mol. The number of hydrogen-bond donors (Lipinski definition) is 2. The first-order chi connectivity index (χ1) is 18.2. The summed E-state index contributed by atoms with van der Waals surface area (Å²) in [5.41, 5.74) is 0.827. The molecule has 0 radical (unpaired) electrons. The lowest BCUT2D eigenvalue weighted by Gasteiger charge is -2.30. The van der Waals surface area contributed by atoms with Crippen LogP contribution in [-0.2, 0) is 30.7 Å². The van der Waals surface area contributed by atoms with Crippen molar-refractivity contribution in [1.29, 1.82) is 0 Å². The van der Waals surface area contributed by atoms with E-state index < -0.39 is 40.3 Å². The summed E-state index contributed by atoms with van der Waals surface area (Å²) in [5, 5.41) is 13.9. The molecule has 11 heteroatoms. The van der Waals surface area contributed by atoms with Crippen LogP contribution in [0, 0.1) is 0 Å². The van der Waals surface area contributed by atoms with E-state index in [9.17, 15) is 23.1 Å². The number of cyclic esters (lactones) is 1. The molecule has 1 fully saturated rings. The zero-order valence-electron chi connectivity index (χ0n) is 21.7. The number of ether oxygens (including phenoxy) is 3. The number of hydrogen-bond acceptors (Lipinski definition) is 8. The molecule has 1 aliphatic rings. The van der Waals surface area contributed by atoms with E-state index in [0.29, 0.717) is 12.2 Å². The van der Waals surface area contributed by atoms with Gasteiger partial charge in [0, 0.05) is 19.5 Å². The predicted octanol–water partition coefficient (Wildman–Crippen LogP) is 2.89. The van der Waals surface area contributed by atoms with Gasteiger partial charge in [0.1, 0.15) is 5.75 Å². The second kappa shape index (κ2) is 14.1. The molecule has 3 rings (SSSR count). The zero-order valence-corrected chi connectivity index (χ0v) is 22.6. The van der Waals surface area contributed by atoms with Gasteiger partial charge in [-0.2, -0.15) is 4.31 Å². The Morgan fingerprint density at radius 1 is 1.16 bits per heavy atom. The highest BCUT2D eigenvalue weighted by molar-refractivity contribution is 7.89. The number of aliphatic hydroxyl groups excluding tert-OH is 1. The van der Waals surface area contributed by atoms with Crippen LogP contribution in [0.2, 0.25) is 0 Å². The van der Waals surface area contributed by atoms with E-state index in [4.69, 9.17) is 14.2 Å². The number of rotatable bonds is 14. The molecule has 3 atom stereocenters. The average Bonchev–Trinajstić information content (AvgIpc) is 3.32. The zero-order chi connectivity index (χ0) is 27.5. The molecule has 1 heterocycles. The van der Waals surface area contributed by atoms with Crippen molar-refractivity contribution in [1.82, 2.24) is 9.62 Å². The van der Waals surface area contributed by atoms with Crippen LogP contribution in [0.25, 0.3) is 0 Å². The van der Waals surface area contributed by atoms with Gasteiger partial charge in [0.15, 0.2) is 0 Å². The third-order valence-corrected chi connectivity index (χ3v) is 8.18. The highest BCUT2D eigenvalue weighted by Gasteiger charge is 2.34. The molecule has 1 aliphatic heterocycles. The molecule has 1 amide bonds. The number of unbranched alkanes of at least 4 members (excludes halogenated alkanes) is 2. The van der Waals surface area contributed by atoms with Crippen LogP contribution in [0.4, 0.5) is 4.79 Å². The molecule has 0 bridgehead atoms. The quantitative estimate of drug-likeness (QED) is 0.272. The van der Waals surface area contributed by atoms with Gasteiger partial charge in [-0.15, -0.1) is 0 Å². The van der Waals surface area contributed by atoms with Gasteiger partial charge in [-0.3, -0.25) is 0 Å². The molecule has 1 unspecified atom stereocenters. The smallest absolute Gasteiger partial charge is 0.408 e. The van der Waals surface area contributed by atoms with Crippen molar-refractivity contribution in [3.63, 3.8) is 0 Å². The van der Waals surface area contributed by atoms with Crippen LogP contribution < -0.4 is 10.1 Å². The molecular formula is C27H36N2O8S. The van der Waals surface area contributed by atoms with Crippen molar-refractivity contribution in [2.75, 3.05) is 26.8 Å². The Hall–Kier alpha value is -3.15. The Morgan fingerprint density at radius 3 is 2.47 bits per heavy atom. The fourth-order valence-electron chi connectivity index (χ4n) is 4.13. The number of aliphatic hydroxyl groups is 1. The minimum atomic E-state index is -3.95. The Balaban J connectivity index is 1.80. The SMILES string of the molecule is CCCCCN(C[C@@H](O)C(Cc1ccccc1)NC(=O)O[C@H]1CCOC1=O)S(=O)(=O)c1ccc(OC)cc1. The maximum atomic E-state index is 13.5. The van der Waals surface area contributed by atoms with Gasteiger partial charge in [-0.1, -0.05) is 50.1 Å². The van der Waals surface area contributed by atoms with Crippen LogP contribution in [-0.4, -0.2) is 74.9 Å². The van der Waals surface area contributed by atoms with Gasteiger partial charge in [-0.25, -0.2) is 18.0 Å². The monoisotopic (exact) mass is 548 g/mol. The predicted molar refractivity (Wildman–Crippen MR) is 140 cm³/mol. The minimum absolute atomic E-state index is 0.0775. The molecule has 208 valence electrons. The number of benzene rings is 2. The summed E-state index contributed by atoms with van der Waals surface area (Å²) >= 11 is 0. The third kappa shape index (κ3) is 8.17. The number of nitrogens with one attached hydrogen (secondary N) is 1. The Kier molecular flexibility index (Phi) is 10.9. The van der Waals surface area contributed by atoms with E-state index in [-0.39, 0.29) is 37.4 Å². The van der Waals surface area contributed by atoms with Crippen molar-refractivity contribution < 1.29 is 37.3 Å². The van der Waals surface area contributed by atoms with Crippen LogP contribution in [0.1, 0.15) is 38.2 Å². The number of sulfonamides is 1. The van der Waals surface area contributed by atoms with Crippen molar-refractivity contribution >= 4 is 22.1 Å². The summed E-state index contributed by atoms with van der Waals surface area (Å²) in [6.45, 7) is 2.14. The normalized spacial score (nSPS) is 17.1. The molecule has 2 aromatic carbocycles. The summed E-state index contributed by atoms with van der Waals surface area (Å²) in [6, 6.07) is 14.4. The van der Waals surface area contributed by atoms with E-state index in [0.717, 1.165) is 18.4 Å². The first-order valence-corrected chi connectivity index (χ1v) is 14.2. The molecule has 2 N–H and O–H groups in total. The summed E-state index contributed by atoms with van der Waals surface area (Å²) in [5.74, 6) is -0.0914. The van der Waals surface area contributed by atoms with E-state index in [1.165, 1.54) is 23.5 Å². The number of carbonyl (C=O) groups excluding carboxylic acids is 2. The van der Waals surface area contributed by atoms with Crippen molar-refractivity contribution in [3.05, 3.63) is 60.2 Å². The standard InChI is InChI=1S/C27H36N2O8S/c1-3-4-8-16-29(38(33,34)22-13-11-21(35-2)12-14-22)19-24(30)23(18-20-9-6-5-7-10-20)28-27(32)37-25-15-17-36-26(25)31/h5-7,9-14,23-25,30H,3-4,8,15-19H2,1-2H3,(H,28,32)/t23?,24-,25+/m1/s1. The lowest BCUT2D eigenvalue weighted by atomic mass is 10.0. The number of methoxy groups -OCH3 is 1. The topological polar surface area (TPSA) is 131 Å². The molecule has 0 saturated carbocycles. The fraction of sp³-hybridized carbons (Fsp3) is 0.481. The summed E-state index contributed by atoms with van der Waals surface area (Å²) in [6.07, 6.45) is -0.363.